The summed E-state index contributed by atoms with van der Waals surface area (Å²) >= 11 is 2.97. The highest BCUT2D eigenvalue weighted by molar-refractivity contribution is 9.10. The Morgan fingerprint density at radius 2 is 1.57 bits per heavy atom. The molecule has 1 unspecified atom stereocenters. The first kappa shape index (κ1) is 12.4. The fourth-order valence-electron chi connectivity index (χ4n) is 1.15. The van der Waals surface area contributed by atoms with Crippen molar-refractivity contribution in [2.45, 2.75) is 17.7 Å². The molecule has 0 aliphatic rings. The molecule has 0 amide bonds. The Bertz CT molecular complexity index is 334. The van der Waals surface area contributed by atoms with Gasteiger partial charge in [0, 0.05) is 5.92 Å². The molecule has 4 nitrogen and oxygen atoms in total. The number of rotatable bonds is 3. The molecule has 0 aliphatic carbocycles. The third-order valence-corrected chi connectivity index (χ3v) is 2.90. The summed E-state index contributed by atoms with van der Waals surface area (Å²) in [5.74, 6) is -1.55. The smallest absolute Gasteiger partial charge is 0.197 e. The number of hydrogen-bond donors (Lipinski definition) is 0. The van der Waals surface area contributed by atoms with Gasteiger partial charge in [-0.1, -0.05) is 22.9 Å². The Labute approximate surface area is 91.1 Å². The maximum Gasteiger partial charge on any atom is 0.202 e. The first-order valence-electron chi connectivity index (χ1n) is 3.90. The van der Waals surface area contributed by atoms with E-state index < -0.39 is 16.2 Å². The molecule has 5 heteroatoms. The van der Waals surface area contributed by atoms with Crippen LogP contribution in [0, 0.1) is 57.2 Å². The lowest BCUT2D eigenvalue weighted by Crippen LogP contribution is -2.32. The summed E-state index contributed by atoms with van der Waals surface area (Å²) in [5, 5.41) is 34.9. The summed E-state index contributed by atoms with van der Waals surface area (Å²) in [7, 11) is 0. The molecule has 0 fully saturated rings. The van der Waals surface area contributed by atoms with Crippen LogP contribution in [0.2, 0.25) is 0 Å². The van der Waals surface area contributed by atoms with Crippen LogP contribution in [-0.4, -0.2) is 4.32 Å². The van der Waals surface area contributed by atoms with Gasteiger partial charge in [-0.25, -0.2) is 0 Å². The van der Waals surface area contributed by atoms with E-state index in [0.717, 1.165) is 0 Å². The van der Waals surface area contributed by atoms with Gasteiger partial charge in [0.25, 0.3) is 0 Å². The minimum atomic E-state index is -1.45. The molecule has 0 rings (SSSR count). The largest absolute Gasteiger partial charge is 0.202 e. The van der Waals surface area contributed by atoms with Crippen molar-refractivity contribution in [2.24, 2.45) is 11.8 Å². The highest BCUT2D eigenvalue weighted by Crippen LogP contribution is 2.34. The third-order valence-electron chi connectivity index (χ3n) is 1.96. The highest BCUT2D eigenvalue weighted by atomic mass is 79.9. The first-order chi connectivity index (χ1) is 6.59. The Morgan fingerprint density at radius 1 is 1.14 bits per heavy atom. The molecule has 14 heavy (non-hydrogen) atoms. The maximum atomic E-state index is 8.79. The molecule has 0 aromatic rings. The van der Waals surface area contributed by atoms with Gasteiger partial charge in [0.1, 0.15) is 5.92 Å². The van der Waals surface area contributed by atoms with Crippen LogP contribution in [0.3, 0.4) is 0 Å². The summed E-state index contributed by atoms with van der Waals surface area (Å²) in [6, 6.07) is 7.13. The molecule has 0 aliphatic heterocycles. The zero-order valence-corrected chi connectivity index (χ0v) is 9.11. The van der Waals surface area contributed by atoms with Gasteiger partial charge < -0.3 is 0 Å². The van der Waals surface area contributed by atoms with E-state index in [1.807, 2.05) is 0 Å². The van der Waals surface area contributed by atoms with Gasteiger partial charge in [0.05, 0.1) is 24.3 Å². The molecule has 0 saturated heterocycles. The summed E-state index contributed by atoms with van der Waals surface area (Å²) in [4.78, 5) is 0. The van der Waals surface area contributed by atoms with Crippen molar-refractivity contribution in [2.75, 3.05) is 0 Å². The zero-order chi connectivity index (χ0) is 11.2. The monoisotopic (exact) mass is 250 g/mol. The van der Waals surface area contributed by atoms with Crippen molar-refractivity contribution in [1.29, 1.82) is 21.0 Å². The standard InChI is InChI=1S/C9H7BrN4/c1-2-8(7(3-11)4-12)9(10,5-13)6-14/h7-8H,2H2,1H3. The fourth-order valence-corrected chi connectivity index (χ4v) is 1.73. The Balaban J connectivity index is 5.15. The van der Waals surface area contributed by atoms with Crippen LogP contribution >= 0.6 is 15.9 Å². The van der Waals surface area contributed by atoms with Crippen molar-refractivity contribution in [3.05, 3.63) is 0 Å². The number of nitrogens with zero attached hydrogens (tertiary/aromatic N) is 4. The second-order valence-corrected chi connectivity index (χ2v) is 3.94. The quantitative estimate of drug-likeness (QED) is 0.715. The van der Waals surface area contributed by atoms with Crippen molar-refractivity contribution in [3.8, 4) is 24.3 Å². The minimum Gasteiger partial charge on any atom is -0.197 e. The molecule has 0 heterocycles. The van der Waals surface area contributed by atoms with Crippen LogP contribution < -0.4 is 0 Å². The average Bonchev–Trinajstić information content (AvgIpc) is 2.24. The minimum absolute atomic E-state index is 0.415. The molecule has 0 aromatic carbocycles. The van der Waals surface area contributed by atoms with Crippen molar-refractivity contribution >= 4 is 15.9 Å². The van der Waals surface area contributed by atoms with Crippen molar-refractivity contribution < 1.29 is 0 Å². The van der Waals surface area contributed by atoms with E-state index in [2.05, 4.69) is 15.9 Å². The Morgan fingerprint density at radius 3 is 1.79 bits per heavy atom. The van der Waals surface area contributed by atoms with Gasteiger partial charge >= 0.3 is 0 Å². The lowest BCUT2D eigenvalue weighted by molar-refractivity contribution is 0.434. The normalized spacial score (nSPS) is 11.9. The van der Waals surface area contributed by atoms with E-state index in [1.54, 1.807) is 31.2 Å². The summed E-state index contributed by atoms with van der Waals surface area (Å²) in [5.41, 5.74) is 0. The topological polar surface area (TPSA) is 95.2 Å². The van der Waals surface area contributed by atoms with Crippen LogP contribution in [0.15, 0.2) is 0 Å². The van der Waals surface area contributed by atoms with Crippen LogP contribution in [0.4, 0.5) is 0 Å². The number of halogens is 1. The first-order valence-corrected chi connectivity index (χ1v) is 4.69. The van der Waals surface area contributed by atoms with E-state index >= 15 is 0 Å². The molecule has 1 atom stereocenters. The maximum absolute atomic E-state index is 8.79. The molecule has 0 spiro atoms. The molecule has 0 bridgehead atoms. The SMILES string of the molecule is CCC(C(C#N)C#N)C(Br)(C#N)C#N. The number of nitriles is 4. The van der Waals surface area contributed by atoms with Crippen LogP contribution in [0.5, 0.6) is 0 Å². The van der Waals surface area contributed by atoms with E-state index in [0.29, 0.717) is 6.42 Å². The molecule has 0 saturated carbocycles. The fraction of sp³-hybridized carbons (Fsp3) is 0.556. The Hall–Kier alpha value is -1.56. The summed E-state index contributed by atoms with van der Waals surface area (Å²) < 4.78 is -1.45. The van der Waals surface area contributed by atoms with Gasteiger partial charge in [-0.2, -0.15) is 21.0 Å². The zero-order valence-electron chi connectivity index (χ0n) is 7.53. The molecular weight excluding hydrogens is 244 g/mol. The van der Waals surface area contributed by atoms with Gasteiger partial charge in [0.15, 0.2) is 0 Å². The predicted molar refractivity (Wildman–Crippen MR) is 51.4 cm³/mol. The van der Waals surface area contributed by atoms with E-state index in [4.69, 9.17) is 21.0 Å². The number of alkyl halides is 1. The van der Waals surface area contributed by atoms with E-state index in [1.165, 1.54) is 0 Å². The molecule has 0 radical (unpaired) electrons. The lowest BCUT2D eigenvalue weighted by Gasteiger charge is -2.22. The summed E-state index contributed by atoms with van der Waals surface area (Å²) in [6.45, 7) is 1.73. The van der Waals surface area contributed by atoms with Gasteiger partial charge in [-0.3, -0.25) is 0 Å². The molecular formula is C9H7BrN4. The lowest BCUT2D eigenvalue weighted by atomic mass is 9.82. The number of hydrogen-bond acceptors (Lipinski definition) is 4. The second-order valence-electron chi connectivity index (χ2n) is 2.69. The predicted octanol–water partition coefficient (Wildman–Crippen LogP) is 1.86. The molecule has 70 valence electrons. The van der Waals surface area contributed by atoms with Crippen molar-refractivity contribution in [3.63, 3.8) is 0 Å². The van der Waals surface area contributed by atoms with E-state index in [-0.39, 0.29) is 0 Å². The average molecular weight is 251 g/mol. The van der Waals surface area contributed by atoms with E-state index in [9.17, 15) is 0 Å². The van der Waals surface area contributed by atoms with Crippen LogP contribution in [0.1, 0.15) is 13.3 Å². The van der Waals surface area contributed by atoms with Crippen LogP contribution in [-0.2, 0) is 0 Å². The third kappa shape index (κ3) is 2.23. The molecule has 0 aromatic heterocycles. The second kappa shape index (κ2) is 5.23. The van der Waals surface area contributed by atoms with Gasteiger partial charge in [-0.05, 0) is 6.42 Å². The Kier molecular flexibility index (Phi) is 4.65. The van der Waals surface area contributed by atoms with Gasteiger partial charge in [-0.15, -0.1) is 0 Å². The highest BCUT2D eigenvalue weighted by Gasteiger charge is 2.41. The van der Waals surface area contributed by atoms with Crippen molar-refractivity contribution in [1.82, 2.24) is 0 Å². The molecule has 0 N–H and O–H groups in total. The van der Waals surface area contributed by atoms with Gasteiger partial charge in [0.2, 0.25) is 4.32 Å². The van der Waals surface area contributed by atoms with Crippen LogP contribution in [0.25, 0.3) is 0 Å². The summed E-state index contributed by atoms with van der Waals surface area (Å²) in [6.07, 6.45) is 0.415.